The Hall–Kier alpha value is -2.77. The number of amides is 2. The summed E-state index contributed by atoms with van der Waals surface area (Å²) in [5.41, 5.74) is -0.831. The van der Waals surface area contributed by atoms with Gasteiger partial charge in [-0.3, -0.25) is 9.59 Å². The molecule has 0 radical (unpaired) electrons. The lowest BCUT2D eigenvalue weighted by Gasteiger charge is -2.14. The highest BCUT2D eigenvalue weighted by molar-refractivity contribution is 6.07. The number of carbonyl (C=O) groups excluding carboxylic acids is 2. The van der Waals surface area contributed by atoms with Gasteiger partial charge in [0.25, 0.3) is 5.91 Å². The zero-order valence-electron chi connectivity index (χ0n) is 12.2. The van der Waals surface area contributed by atoms with Gasteiger partial charge in [0.15, 0.2) is 0 Å². The summed E-state index contributed by atoms with van der Waals surface area (Å²) in [5, 5.41) is 4.73. The summed E-state index contributed by atoms with van der Waals surface area (Å²) in [6, 6.07) is 4.07. The van der Waals surface area contributed by atoms with Gasteiger partial charge in [0.05, 0.1) is 28.8 Å². The lowest BCUT2D eigenvalue weighted by Crippen LogP contribution is -2.16. The van der Waals surface area contributed by atoms with Crippen LogP contribution in [0.5, 0.6) is 0 Å². The van der Waals surface area contributed by atoms with Crippen LogP contribution in [0.15, 0.2) is 34.9 Å². The number of hydrogen-bond acceptors (Lipinski definition) is 3. The maximum atomic E-state index is 12.8. The van der Waals surface area contributed by atoms with E-state index in [0.29, 0.717) is 5.76 Å². The third-order valence-electron chi connectivity index (χ3n) is 3.01. The van der Waals surface area contributed by atoms with Crippen molar-refractivity contribution in [2.75, 3.05) is 10.6 Å². The molecule has 1 aromatic heterocycles. The van der Waals surface area contributed by atoms with E-state index in [4.69, 9.17) is 4.42 Å². The van der Waals surface area contributed by atoms with Crippen molar-refractivity contribution in [2.45, 2.75) is 20.0 Å². The Labute approximate surface area is 129 Å². The van der Waals surface area contributed by atoms with Gasteiger partial charge >= 0.3 is 6.18 Å². The average molecular weight is 326 g/mol. The molecule has 0 spiro atoms. The highest BCUT2D eigenvalue weighted by atomic mass is 19.4. The summed E-state index contributed by atoms with van der Waals surface area (Å²) in [7, 11) is 0. The Balaban J connectivity index is 2.39. The topological polar surface area (TPSA) is 71.3 Å². The summed E-state index contributed by atoms with van der Waals surface area (Å²) < 4.78 is 43.5. The van der Waals surface area contributed by atoms with Gasteiger partial charge in [0, 0.05) is 6.92 Å². The maximum Gasteiger partial charge on any atom is 0.416 e. The molecule has 0 saturated heterocycles. The van der Waals surface area contributed by atoms with Crippen LogP contribution >= 0.6 is 0 Å². The van der Waals surface area contributed by atoms with E-state index in [1.54, 1.807) is 6.92 Å². The first-order chi connectivity index (χ1) is 10.7. The fourth-order valence-electron chi connectivity index (χ4n) is 1.93. The minimum Gasteiger partial charge on any atom is -0.469 e. The van der Waals surface area contributed by atoms with Gasteiger partial charge in [-0.05, 0) is 31.2 Å². The summed E-state index contributed by atoms with van der Waals surface area (Å²) >= 11 is 0. The zero-order chi connectivity index (χ0) is 17.2. The molecule has 122 valence electrons. The van der Waals surface area contributed by atoms with Crippen molar-refractivity contribution in [3.63, 3.8) is 0 Å². The molecule has 2 N–H and O–H groups in total. The Bertz CT molecular complexity index is 751. The minimum absolute atomic E-state index is 0.0694. The van der Waals surface area contributed by atoms with Crippen LogP contribution in [-0.2, 0) is 11.0 Å². The van der Waals surface area contributed by atoms with Crippen molar-refractivity contribution in [3.8, 4) is 0 Å². The third-order valence-corrected chi connectivity index (χ3v) is 3.01. The molecule has 1 aromatic carbocycles. The number of benzene rings is 1. The van der Waals surface area contributed by atoms with Crippen LogP contribution in [0.25, 0.3) is 0 Å². The number of rotatable bonds is 3. The van der Waals surface area contributed by atoms with E-state index in [9.17, 15) is 22.8 Å². The van der Waals surface area contributed by atoms with Gasteiger partial charge in [-0.2, -0.15) is 13.2 Å². The number of alkyl halides is 3. The maximum absolute atomic E-state index is 12.8. The fourth-order valence-corrected chi connectivity index (χ4v) is 1.93. The molecule has 0 aliphatic heterocycles. The molecule has 0 aliphatic rings. The molecule has 2 rings (SSSR count). The second-order valence-corrected chi connectivity index (χ2v) is 4.78. The zero-order valence-corrected chi connectivity index (χ0v) is 12.2. The molecule has 0 bridgehead atoms. The molecule has 0 unspecified atom stereocenters. The van der Waals surface area contributed by atoms with Crippen LogP contribution in [0.2, 0.25) is 0 Å². The summed E-state index contributed by atoms with van der Waals surface area (Å²) in [4.78, 5) is 23.3. The molecule has 2 aromatic rings. The molecule has 23 heavy (non-hydrogen) atoms. The van der Waals surface area contributed by atoms with Gasteiger partial charge in [0.1, 0.15) is 5.76 Å². The van der Waals surface area contributed by atoms with Crippen LogP contribution in [0.1, 0.15) is 28.6 Å². The first-order valence-corrected chi connectivity index (χ1v) is 6.53. The SMILES string of the molecule is CC(=O)Nc1ccc(C(F)(F)F)cc1NC(=O)c1ccoc1C. The van der Waals surface area contributed by atoms with Crippen molar-refractivity contribution in [2.24, 2.45) is 0 Å². The van der Waals surface area contributed by atoms with Crippen molar-refractivity contribution < 1.29 is 27.2 Å². The Morgan fingerprint density at radius 3 is 2.30 bits per heavy atom. The van der Waals surface area contributed by atoms with Crippen LogP contribution < -0.4 is 10.6 Å². The predicted molar refractivity (Wildman–Crippen MR) is 77.1 cm³/mol. The van der Waals surface area contributed by atoms with Gasteiger partial charge < -0.3 is 15.1 Å². The summed E-state index contributed by atoms with van der Waals surface area (Å²) in [6.45, 7) is 2.76. The number of nitrogens with one attached hydrogen (secondary N) is 2. The number of hydrogen-bond donors (Lipinski definition) is 2. The molecule has 1 heterocycles. The minimum atomic E-state index is -4.57. The molecule has 0 fully saturated rings. The van der Waals surface area contributed by atoms with E-state index in [1.165, 1.54) is 19.3 Å². The third kappa shape index (κ3) is 3.91. The van der Waals surface area contributed by atoms with E-state index in [2.05, 4.69) is 10.6 Å². The Kier molecular flexibility index (Phi) is 4.44. The second-order valence-electron chi connectivity index (χ2n) is 4.78. The summed E-state index contributed by atoms with van der Waals surface area (Å²) in [6.07, 6.45) is -3.27. The van der Waals surface area contributed by atoms with E-state index in [0.717, 1.165) is 18.2 Å². The molecule has 8 heteroatoms. The number of aryl methyl sites for hydroxylation is 1. The lowest BCUT2D eigenvalue weighted by molar-refractivity contribution is -0.137. The van der Waals surface area contributed by atoms with E-state index in [-0.39, 0.29) is 16.9 Å². The number of halogens is 3. The fraction of sp³-hybridized carbons (Fsp3) is 0.200. The van der Waals surface area contributed by atoms with E-state index < -0.39 is 23.6 Å². The molecule has 0 aliphatic carbocycles. The van der Waals surface area contributed by atoms with Crippen molar-refractivity contribution in [1.29, 1.82) is 0 Å². The molecule has 0 saturated carbocycles. The van der Waals surface area contributed by atoms with Gasteiger partial charge in [-0.25, -0.2) is 0 Å². The highest BCUT2D eigenvalue weighted by Gasteiger charge is 2.31. The van der Waals surface area contributed by atoms with Crippen LogP contribution in [0, 0.1) is 6.92 Å². The predicted octanol–water partition coefficient (Wildman–Crippen LogP) is 3.82. The number of carbonyl (C=O) groups is 2. The van der Waals surface area contributed by atoms with E-state index in [1.807, 2.05) is 0 Å². The monoisotopic (exact) mass is 326 g/mol. The molecular formula is C15H13F3N2O3. The van der Waals surface area contributed by atoms with Gasteiger partial charge in [0.2, 0.25) is 5.91 Å². The highest BCUT2D eigenvalue weighted by Crippen LogP contribution is 2.34. The molecule has 5 nitrogen and oxygen atoms in total. The standard InChI is InChI=1S/C15H13F3N2O3/c1-8-11(5-6-23-8)14(22)20-13-7-10(15(16,17)18)3-4-12(13)19-9(2)21/h3-7H,1-2H3,(H,19,21)(H,20,22). The van der Waals surface area contributed by atoms with E-state index >= 15 is 0 Å². The number of furan rings is 1. The average Bonchev–Trinajstić information content (AvgIpc) is 2.85. The van der Waals surface area contributed by atoms with Crippen molar-refractivity contribution in [3.05, 3.63) is 47.4 Å². The van der Waals surface area contributed by atoms with Gasteiger partial charge in [-0.15, -0.1) is 0 Å². The molecular weight excluding hydrogens is 313 g/mol. The Morgan fingerprint density at radius 2 is 1.78 bits per heavy atom. The van der Waals surface area contributed by atoms with Crippen LogP contribution in [-0.4, -0.2) is 11.8 Å². The molecule has 2 amide bonds. The largest absolute Gasteiger partial charge is 0.469 e. The van der Waals surface area contributed by atoms with Crippen LogP contribution in [0.4, 0.5) is 24.5 Å². The normalized spacial score (nSPS) is 11.2. The van der Waals surface area contributed by atoms with Crippen molar-refractivity contribution >= 4 is 23.2 Å². The van der Waals surface area contributed by atoms with Gasteiger partial charge in [-0.1, -0.05) is 0 Å². The van der Waals surface area contributed by atoms with Crippen LogP contribution in [0.3, 0.4) is 0 Å². The molecule has 0 atom stereocenters. The number of anilines is 2. The quantitative estimate of drug-likeness (QED) is 0.901. The summed E-state index contributed by atoms with van der Waals surface area (Å²) in [5.74, 6) is -0.780. The first-order valence-electron chi connectivity index (χ1n) is 6.53. The smallest absolute Gasteiger partial charge is 0.416 e. The first kappa shape index (κ1) is 16.6. The lowest BCUT2D eigenvalue weighted by atomic mass is 10.1. The van der Waals surface area contributed by atoms with Crippen molar-refractivity contribution in [1.82, 2.24) is 0 Å². The Morgan fingerprint density at radius 1 is 1.09 bits per heavy atom. The second kappa shape index (κ2) is 6.15.